The molecule has 0 saturated heterocycles. The van der Waals surface area contributed by atoms with Gasteiger partial charge in [-0.1, -0.05) is 0 Å². The second-order valence-electron chi connectivity index (χ2n) is 3.68. The summed E-state index contributed by atoms with van der Waals surface area (Å²) in [6.07, 6.45) is 1.19. The molecule has 0 spiro atoms. The lowest BCUT2D eigenvalue weighted by atomic mass is 10.3. The lowest BCUT2D eigenvalue weighted by Gasteiger charge is -2.22. The first-order chi connectivity index (χ1) is 8.29. The normalized spacial score (nSPS) is 13.1. The average Bonchev–Trinajstić information content (AvgIpc) is 2.37. The zero-order valence-electron chi connectivity index (χ0n) is 10.3. The monoisotopic (exact) mass is 273 g/mol. The fraction of sp³-hybridized carbons (Fsp3) is 0.400. The minimum Gasteiger partial charge on any atom is -0.480 e. The number of hydrogen-bond acceptors (Lipinski definition) is 5. The molecule has 1 aromatic rings. The standard InChI is InChI=1S/C10H15N3O4S/c1-7(10(14)15)13(3)9-5-4-8(6-12-9)18(16,17)11-2/h4-7,11H,1-3H3,(H,14,15). The highest BCUT2D eigenvalue weighted by Gasteiger charge is 2.19. The van der Waals surface area contributed by atoms with Gasteiger partial charge >= 0.3 is 5.97 Å². The molecule has 1 unspecified atom stereocenters. The minimum absolute atomic E-state index is 0.0325. The van der Waals surface area contributed by atoms with Crippen LogP contribution in [0.4, 0.5) is 5.82 Å². The molecular formula is C10H15N3O4S. The van der Waals surface area contributed by atoms with E-state index in [-0.39, 0.29) is 4.90 Å². The number of carboxylic acids is 1. The van der Waals surface area contributed by atoms with Crippen LogP contribution in [0.1, 0.15) is 6.92 Å². The van der Waals surface area contributed by atoms with Gasteiger partial charge in [-0.3, -0.25) is 0 Å². The number of aromatic nitrogens is 1. The van der Waals surface area contributed by atoms with Gasteiger partial charge in [0.15, 0.2) is 0 Å². The third-order valence-electron chi connectivity index (χ3n) is 2.60. The summed E-state index contributed by atoms with van der Waals surface area (Å²) in [5, 5.41) is 8.86. The topological polar surface area (TPSA) is 99.6 Å². The maximum Gasteiger partial charge on any atom is 0.326 e. The van der Waals surface area contributed by atoms with E-state index in [2.05, 4.69) is 9.71 Å². The van der Waals surface area contributed by atoms with Crippen molar-refractivity contribution in [2.45, 2.75) is 17.9 Å². The Kier molecular flexibility index (Phi) is 4.25. The highest BCUT2D eigenvalue weighted by molar-refractivity contribution is 7.89. The van der Waals surface area contributed by atoms with Crippen LogP contribution in [0.5, 0.6) is 0 Å². The number of anilines is 1. The van der Waals surface area contributed by atoms with E-state index >= 15 is 0 Å². The third kappa shape index (κ3) is 2.96. The number of nitrogens with one attached hydrogen (secondary N) is 1. The molecule has 1 heterocycles. The van der Waals surface area contributed by atoms with Crippen LogP contribution in [0.25, 0.3) is 0 Å². The number of nitrogens with zero attached hydrogens (tertiary/aromatic N) is 2. The summed E-state index contributed by atoms with van der Waals surface area (Å²) in [7, 11) is -0.640. The Hall–Kier alpha value is -1.67. The Labute approximate surface area is 106 Å². The zero-order chi connectivity index (χ0) is 13.9. The van der Waals surface area contributed by atoms with Crippen LogP contribution in [0, 0.1) is 0 Å². The molecule has 18 heavy (non-hydrogen) atoms. The molecule has 100 valence electrons. The second-order valence-corrected chi connectivity index (χ2v) is 5.57. The molecule has 2 N–H and O–H groups in total. The van der Waals surface area contributed by atoms with Crippen molar-refractivity contribution < 1.29 is 18.3 Å². The molecule has 0 bridgehead atoms. The summed E-state index contributed by atoms with van der Waals surface area (Å²) in [4.78, 5) is 16.2. The first-order valence-corrected chi connectivity index (χ1v) is 6.63. The Morgan fingerprint density at radius 1 is 1.50 bits per heavy atom. The predicted octanol–water partition coefficient (Wildman–Crippen LogP) is -0.101. The van der Waals surface area contributed by atoms with Gasteiger partial charge in [0.1, 0.15) is 16.8 Å². The maximum atomic E-state index is 11.5. The predicted molar refractivity (Wildman–Crippen MR) is 66.0 cm³/mol. The molecule has 7 nitrogen and oxygen atoms in total. The minimum atomic E-state index is -3.52. The highest BCUT2D eigenvalue weighted by atomic mass is 32.2. The molecule has 0 saturated carbocycles. The van der Waals surface area contributed by atoms with Crippen LogP contribution in [-0.4, -0.2) is 44.6 Å². The van der Waals surface area contributed by atoms with Crippen molar-refractivity contribution in [3.8, 4) is 0 Å². The lowest BCUT2D eigenvalue weighted by Crippen LogP contribution is -2.36. The Balaban J connectivity index is 3.00. The van der Waals surface area contributed by atoms with Crippen LogP contribution in [-0.2, 0) is 14.8 Å². The third-order valence-corrected chi connectivity index (χ3v) is 4.00. The summed E-state index contributed by atoms with van der Waals surface area (Å²) in [5.74, 6) is -0.592. The Morgan fingerprint density at radius 3 is 2.50 bits per heavy atom. The smallest absolute Gasteiger partial charge is 0.326 e. The zero-order valence-corrected chi connectivity index (χ0v) is 11.1. The van der Waals surface area contributed by atoms with Gasteiger partial charge in [-0.15, -0.1) is 0 Å². The summed E-state index contributed by atoms with van der Waals surface area (Å²) in [6, 6.07) is 2.09. The number of rotatable bonds is 5. The van der Waals surface area contributed by atoms with Crippen LogP contribution in [0.2, 0.25) is 0 Å². The van der Waals surface area contributed by atoms with E-state index in [1.807, 2.05) is 0 Å². The molecule has 0 radical (unpaired) electrons. The van der Waals surface area contributed by atoms with Crippen molar-refractivity contribution in [3.05, 3.63) is 18.3 Å². The number of carboxylic acid groups (broad SMARTS) is 1. The fourth-order valence-corrected chi connectivity index (χ4v) is 1.90. The van der Waals surface area contributed by atoms with Crippen molar-refractivity contribution in [1.82, 2.24) is 9.71 Å². The number of pyridine rings is 1. The summed E-state index contributed by atoms with van der Waals surface area (Å²) in [5.41, 5.74) is 0. The quantitative estimate of drug-likeness (QED) is 0.777. The number of carbonyl (C=O) groups is 1. The van der Waals surface area contributed by atoms with Gasteiger partial charge in [-0.2, -0.15) is 0 Å². The van der Waals surface area contributed by atoms with E-state index in [4.69, 9.17) is 5.11 Å². The van der Waals surface area contributed by atoms with E-state index < -0.39 is 22.0 Å². The van der Waals surface area contributed by atoms with Gasteiger partial charge in [0.25, 0.3) is 0 Å². The van der Waals surface area contributed by atoms with Crippen LogP contribution in [0.3, 0.4) is 0 Å². The Morgan fingerprint density at radius 2 is 2.11 bits per heavy atom. The summed E-state index contributed by atoms with van der Waals surface area (Å²) >= 11 is 0. The maximum absolute atomic E-state index is 11.5. The molecule has 0 aliphatic rings. The molecule has 8 heteroatoms. The number of likely N-dealkylation sites (N-methyl/N-ethyl adjacent to an activating group) is 1. The van der Waals surface area contributed by atoms with E-state index in [0.29, 0.717) is 5.82 Å². The van der Waals surface area contributed by atoms with Crippen LogP contribution in [0.15, 0.2) is 23.2 Å². The van der Waals surface area contributed by atoms with Gasteiger partial charge < -0.3 is 10.0 Å². The molecule has 0 aromatic carbocycles. The highest BCUT2D eigenvalue weighted by Crippen LogP contribution is 2.15. The average molecular weight is 273 g/mol. The molecule has 1 atom stereocenters. The fourth-order valence-electron chi connectivity index (χ4n) is 1.22. The molecule has 0 amide bonds. The van der Waals surface area contributed by atoms with Crippen molar-refractivity contribution >= 4 is 21.8 Å². The number of sulfonamides is 1. The largest absolute Gasteiger partial charge is 0.480 e. The molecule has 0 fully saturated rings. The van der Waals surface area contributed by atoms with Gasteiger partial charge in [0.2, 0.25) is 10.0 Å². The summed E-state index contributed by atoms with van der Waals surface area (Å²) in [6.45, 7) is 1.52. The van der Waals surface area contributed by atoms with Crippen molar-refractivity contribution in [3.63, 3.8) is 0 Å². The van der Waals surface area contributed by atoms with Crippen molar-refractivity contribution in [2.75, 3.05) is 19.0 Å². The van der Waals surface area contributed by atoms with Crippen molar-refractivity contribution in [2.24, 2.45) is 0 Å². The van der Waals surface area contributed by atoms with E-state index in [9.17, 15) is 13.2 Å². The van der Waals surface area contributed by atoms with Crippen LogP contribution < -0.4 is 9.62 Å². The van der Waals surface area contributed by atoms with E-state index in [1.165, 1.54) is 37.2 Å². The Bertz CT molecular complexity index is 527. The molecule has 0 aliphatic heterocycles. The second kappa shape index (κ2) is 5.32. The van der Waals surface area contributed by atoms with Gasteiger partial charge in [-0.05, 0) is 26.1 Å². The van der Waals surface area contributed by atoms with Gasteiger partial charge in [0.05, 0.1) is 0 Å². The molecule has 0 aliphatic carbocycles. The van der Waals surface area contributed by atoms with E-state index in [1.54, 1.807) is 7.05 Å². The molecule has 1 aromatic heterocycles. The number of aliphatic carboxylic acids is 1. The first kappa shape index (κ1) is 14.4. The SMILES string of the molecule is CNS(=O)(=O)c1ccc(N(C)C(C)C(=O)O)nc1. The molecular weight excluding hydrogens is 258 g/mol. The van der Waals surface area contributed by atoms with Crippen LogP contribution >= 0.6 is 0 Å². The first-order valence-electron chi connectivity index (χ1n) is 5.15. The molecule has 1 rings (SSSR count). The van der Waals surface area contributed by atoms with Crippen molar-refractivity contribution in [1.29, 1.82) is 0 Å². The van der Waals surface area contributed by atoms with Gasteiger partial charge in [0, 0.05) is 13.2 Å². The lowest BCUT2D eigenvalue weighted by molar-refractivity contribution is -0.138. The van der Waals surface area contributed by atoms with Gasteiger partial charge in [-0.25, -0.2) is 22.9 Å². The van der Waals surface area contributed by atoms with E-state index in [0.717, 1.165) is 0 Å². The number of hydrogen-bond donors (Lipinski definition) is 2. The summed E-state index contributed by atoms with van der Waals surface area (Å²) < 4.78 is 25.1.